The van der Waals surface area contributed by atoms with Crippen LogP contribution in [0.25, 0.3) is 11.4 Å². The Kier molecular flexibility index (Phi) is 3.82. The van der Waals surface area contributed by atoms with Gasteiger partial charge in [-0.15, -0.1) is 0 Å². The standard InChI is InChI=1S/C12H10BrN3O/c13-6-11(17)16-10-7-14-12(15-8-10)9-4-2-1-3-5-9/h1-5,7-8H,6H2,(H,16,17). The molecule has 0 aliphatic carbocycles. The first kappa shape index (κ1) is 11.7. The first-order chi connectivity index (χ1) is 8.29. The highest BCUT2D eigenvalue weighted by atomic mass is 79.9. The Hall–Kier alpha value is -1.75. The molecule has 0 aliphatic heterocycles. The molecule has 1 heterocycles. The second-order valence-corrected chi connectivity index (χ2v) is 3.90. The normalized spacial score (nSPS) is 9.94. The summed E-state index contributed by atoms with van der Waals surface area (Å²) in [7, 11) is 0. The number of hydrogen-bond acceptors (Lipinski definition) is 3. The Balaban J connectivity index is 2.16. The van der Waals surface area contributed by atoms with Crippen LogP contribution in [0.1, 0.15) is 0 Å². The van der Waals surface area contributed by atoms with Crippen LogP contribution in [0.4, 0.5) is 5.69 Å². The van der Waals surface area contributed by atoms with E-state index in [1.807, 2.05) is 30.3 Å². The number of amides is 1. The Morgan fingerprint density at radius 2 is 1.82 bits per heavy atom. The lowest BCUT2D eigenvalue weighted by Gasteiger charge is -2.03. The van der Waals surface area contributed by atoms with E-state index in [9.17, 15) is 4.79 Å². The maximum absolute atomic E-state index is 11.1. The molecule has 0 saturated carbocycles. The van der Waals surface area contributed by atoms with E-state index in [0.29, 0.717) is 11.5 Å². The fourth-order valence-electron chi connectivity index (χ4n) is 1.32. The predicted octanol–water partition coefficient (Wildman–Crippen LogP) is 2.48. The van der Waals surface area contributed by atoms with Crippen molar-refractivity contribution in [2.45, 2.75) is 0 Å². The van der Waals surface area contributed by atoms with Crippen molar-refractivity contribution < 1.29 is 4.79 Å². The Morgan fingerprint density at radius 3 is 2.41 bits per heavy atom. The molecule has 0 radical (unpaired) electrons. The predicted molar refractivity (Wildman–Crippen MR) is 69.9 cm³/mol. The Bertz CT molecular complexity index is 499. The number of carbonyl (C=O) groups is 1. The number of benzene rings is 1. The van der Waals surface area contributed by atoms with Gasteiger partial charge in [0.25, 0.3) is 0 Å². The molecule has 5 heteroatoms. The molecular formula is C12H10BrN3O. The average molecular weight is 292 g/mol. The van der Waals surface area contributed by atoms with E-state index in [1.54, 1.807) is 12.4 Å². The van der Waals surface area contributed by atoms with Crippen LogP contribution in [-0.4, -0.2) is 21.2 Å². The number of nitrogens with zero attached hydrogens (tertiary/aromatic N) is 2. The highest BCUT2D eigenvalue weighted by molar-refractivity contribution is 9.09. The third-order valence-electron chi connectivity index (χ3n) is 2.09. The second kappa shape index (κ2) is 5.54. The summed E-state index contributed by atoms with van der Waals surface area (Å²) in [5, 5.41) is 2.92. The van der Waals surface area contributed by atoms with Gasteiger partial charge in [0.05, 0.1) is 23.4 Å². The monoisotopic (exact) mass is 291 g/mol. The summed E-state index contributed by atoms with van der Waals surface area (Å²) in [5.41, 5.74) is 1.54. The number of alkyl halides is 1. The van der Waals surface area contributed by atoms with Crippen molar-refractivity contribution in [2.75, 3.05) is 10.6 Å². The number of hydrogen-bond donors (Lipinski definition) is 1. The molecule has 1 aromatic carbocycles. The zero-order valence-electron chi connectivity index (χ0n) is 8.93. The zero-order valence-corrected chi connectivity index (χ0v) is 10.5. The molecule has 0 fully saturated rings. The topological polar surface area (TPSA) is 54.9 Å². The number of carbonyl (C=O) groups excluding carboxylic acids is 1. The summed E-state index contributed by atoms with van der Waals surface area (Å²) in [6.45, 7) is 0. The van der Waals surface area contributed by atoms with Crippen molar-refractivity contribution in [1.82, 2.24) is 9.97 Å². The van der Waals surface area contributed by atoms with Crippen LogP contribution in [0.3, 0.4) is 0 Å². The third kappa shape index (κ3) is 3.10. The number of nitrogens with one attached hydrogen (secondary N) is 1. The van der Waals surface area contributed by atoms with Crippen molar-refractivity contribution >= 4 is 27.5 Å². The number of aromatic nitrogens is 2. The van der Waals surface area contributed by atoms with Crippen molar-refractivity contribution in [3.63, 3.8) is 0 Å². The second-order valence-electron chi connectivity index (χ2n) is 3.34. The molecule has 1 aromatic heterocycles. The van der Waals surface area contributed by atoms with Gasteiger partial charge in [0.2, 0.25) is 5.91 Å². The quantitative estimate of drug-likeness (QED) is 0.884. The summed E-state index contributed by atoms with van der Waals surface area (Å²) in [4.78, 5) is 19.5. The minimum absolute atomic E-state index is 0.124. The fourth-order valence-corrected chi connectivity index (χ4v) is 1.46. The van der Waals surface area contributed by atoms with Gasteiger partial charge in [0.1, 0.15) is 0 Å². The number of halogens is 1. The van der Waals surface area contributed by atoms with Crippen LogP contribution in [-0.2, 0) is 4.79 Å². The molecule has 4 nitrogen and oxygen atoms in total. The molecule has 0 unspecified atom stereocenters. The summed E-state index contributed by atoms with van der Waals surface area (Å²) >= 11 is 3.07. The van der Waals surface area contributed by atoms with Crippen molar-refractivity contribution in [3.8, 4) is 11.4 Å². The van der Waals surface area contributed by atoms with E-state index >= 15 is 0 Å². The van der Waals surface area contributed by atoms with Gasteiger partial charge in [-0.25, -0.2) is 9.97 Å². The molecule has 17 heavy (non-hydrogen) atoms. The van der Waals surface area contributed by atoms with Gasteiger partial charge in [-0.1, -0.05) is 46.3 Å². The van der Waals surface area contributed by atoms with Crippen LogP contribution in [0, 0.1) is 0 Å². The minimum atomic E-state index is -0.124. The molecular weight excluding hydrogens is 282 g/mol. The maximum Gasteiger partial charge on any atom is 0.235 e. The molecule has 0 saturated heterocycles. The summed E-state index contributed by atoms with van der Waals surface area (Å²) in [5.74, 6) is 0.517. The third-order valence-corrected chi connectivity index (χ3v) is 2.60. The van der Waals surface area contributed by atoms with E-state index in [1.165, 1.54) is 0 Å². The van der Waals surface area contributed by atoms with Crippen LogP contribution < -0.4 is 5.32 Å². The molecule has 0 aliphatic rings. The molecule has 86 valence electrons. The fraction of sp³-hybridized carbons (Fsp3) is 0.0833. The average Bonchev–Trinajstić information content (AvgIpc) is 2.40. The lowest BCUT2D eigenvalue weighted by Crippen LogP contribution is -2.12. The first-order valence-corrected chi connectivity index (χ1v) is 6.15. The van der Waals surface area contributed by atoms with Crippen molar-refractivity contribution in [2.24, 2.45) is 0 Å². The minimum Gasteiger partial charge on any atom is -0.323 e. The lowest BCUT2D eigenvalue weighted by atomic mass is 10.2. The van der Waals surface area contributed by atoms with Gasteiger partial charge in [0.15, 0.2) is 5.82 Å². The van der Waals surface area contributed by atoms with Crippen molar-refractivity contribution in [3.05, 3.63) is 42.7 Å². The Morgan fingerprint density at radius 1 is 1.18 bits per heavy atom. The zero-order chi connectivity index (χ0) is 12.1. The molecule has 0 spiro atoms. The number of anilines is 1. The Labute approximate surface area is 107 Å². The van der Waals surface area contributed by atoms with E-state index in [4.69, 9.17) is 0 Å². The van der Waals surface area contributed by atoms with Crippen LogP contribution in [0.2, 0.25) is 0 Å². The lowest BCUT2D eigenvalue weighted by molar-refractivity contribution is -0.113. The molecule has 0 bridgehead atoms. The van der Waals surface area contributed by atoms with Crippen molar-refractivity contribution in [1.29, 1.82) is 0 Å². The number of rotatable bonds is 3. The molecule has 1 amide bonds. The van der Waals surface area contributed by atoms with Crippen LogP contribution in [0.5, 0.6) is 0 Å². The van der Waals surface area contributed by atoms with Gasteiger partial charge in [0, 0.05) is 5.56 Å². The van der Waals surface area contributed by atoms with Crippen LogP contribution in [0.15, 0.2) is 42.7 Å². The highest BCUT2D eigenvalue weighted by Gasteiger charge is 2.02. The smallest absolute Gasteiger partial charge is 0.235 e. The van der Waals surface area contributed by atoms with Gasteiger partial charge >= 0.3 is 0 Å². The van der Waals surface area contributed by atoms with E-state index < -0.39 is 0 Å². The van der Waals surface area contributed by atoms with Gasteiger partial charge in [-0.2, -0.15) is 0 Å². The highest BCUT2D eigenvalue weighted by Crippen LogP contribution is 2.14. The SMILES string of the molecule is O=C(CBr)Nc1cnc(-c2ccccc2)nc1. The van der Waals surface area contributed by atoms with Gasteiger partial charge in [-0.3, -0.25) is 4.79 Å². The molecule has 0 atom stereocenters. The van der Waals surface area contributed by atoms with E-state index in [-0.39, 0.29) is 11.2 Å². The maximum atomic E-state index is 11.1. The summed E-state index contributed by atoms with van der Waals surface area (Å²) in [6, 6.07) is 9.67. The largest absolute Gasteiger partial charge is 0.323 e. The summed E-state index contributed by atoms with van der Waals surface area (Å²) < 4.78 is 0. The van der Waals surface area contributed by atoms with Gasteiger partial charge < -0.3 is 5.32 Å². The van der Waals surface area contributed by atoms with Gasteiger partial charge in [-0.05, 0) is 0 Å². The first-order valence-electron chi connectivity index (χ1n) is 5.03. The molecule has 1 N–H and O–H groups in total. The molecule has 2 aromatic rings. The molecule has 2 rings (SSSR count). The van der Waals surface area contributed by atoms with E-state index in [0.717, 1.165) is 5.56 Å². The summed E-state index contributed by atoms with van der Waals surface area (Å²) in [6.07, 6.45) is 3.19. The van der Waals surface area contributed by atoms with Crippen LogP contribution >= 0.6 is 15.9 Å². The van der Waals surface area contributed by atoms with E-state index in [2.05, 4.69) is 31.2 Å².